The van der Waals surface area contributed by atoms with Crippen molar-refractivity contribution in [1.82, 2.24) is 14.5 Å². The van der Waals surface area contributed by atoms with Crippen LogP contribution >= 0.6 is 0 Å². The minimum Gasteiger partial charge on any atom is -0.493 e. The van der Waals surface area contributed by atoms with Crippen molar-refractivity contribution in [2.45, 2.75) is 32.2 Å². The smallest absolute Gasteiger partial charge is 0.255 e. The Bertz CT molecular complexity index is 1110. The average molecular weight is 453 g/mol. The van der Waals surface area contributed by atoms with E-state index in [2.05, 4.69) is 21.8 Å². The number of aromatic nitrogens is 2. The normalized spacial score (nSPS) is 14.7. The SMILES string of the molecule is COc1cc(C(=O)Nc2ccc3c(c2)nc(CN2CCCCCC2)n3C)cc(OC)c1OC. The Morgan fingerprint density at radius 2 is 1.64 bits per heavy atom. The number of carbonyl (C=O) groups is 1. The highest BCUT2D eigenvalue weighted by molar-refractivity contribution is 6.05. The molecule has 1 saturated heterocycles. The number of nitrogens with one attached hydrogen (secondary N) is 1. The maximum atomic E-state index is 13.0. The zero-order chi connectivity index (χ0) is 23.4. The number of hydrogen-bond acceptors (Lipinski definition) is 6. The first kappa shape index (κ1) is 22.9. The van der Waals surface area contributed by atoms with E-state index in [1.807, 2.05) is 18.2 Å². The van der Waals surface area contributed by atoms with E-state index in [0.717, 1.165) is 36.5 Å². The molecule has 0 saturated carbocycles. The third-order valence-electron chi connectivity index (χ3n) is 6.22. The van der Waals surface area contributed by atoms with Gasteiger partial charge in [0.1, 0.15) is 5.82 Å². The Kier molecular flexibility index (Phi) is 7.03. The van der Waals surface area contributed by atoms with Gasteiger partial charge in [-0.15, -0.1) is 0 Å². The zero-order valence-electron chi connectivity index (χ0n) is 19.8. The molecule has 33 heavy (non-hydrogen) atoms. The lowest BCUT2D eigenvalue weighted by atomic mass is 10.1. The van der Waals surface area contributed by atoms with Crippen LogP contribution in [0.5, 0.6) is 17.2 Å². The van der Waals surface area contributed by atoms with Gasteiger partial charge in [-0.05, 0) is 56.3 Å². The van der Waals surface area contributed by atoms with Gasteiger partial charge in [0.2, 0.25) is 5.75 Å². The van der Waals surface area contributed by atoms with Crippen LogP contribution in [0.3, 0.4) is 0 Å². The van der Waals surface area contributed by atoms with E-state index < -0.39 is 0 Å². The van der Waals surface area contributed by atoms with Gasteiger partial charge < -0.3 is 24.1 Å². The largest absolute Gasteiger partial charge is 0.493 e. The Balaban J connectivity index is 1.55. The molecule has 8 heteroatoms. The highest BCUT2D eigenvalue weighted by atomic mass is 16.5. The number of imidazole rings is 1. The number of methoxy groups -OCH3 is 3. The number of aryl methyl sites for hydroxylation is 1. The summed E-state index contributed by atoms with van der Waals surface area (Å²) in [7, 11) is 6.63. The quantitative estimate of drug-likeness (QED) is 0.578. The third kappa shape index (κ3) is 4.90. The summed E-state index contributed by atoms with van der Waals surface area (Å²) < 4.78 is 18.2. The molecule has 1 aliphatic heterocycles. The summed E-state index contributed by atoms with van der Waals surface area (Å²) in [6.07, 6.45) is 5.13. The van der Waals surface area contributed by atoms with Gasteiger partial charge in [0, 0.05) is 18.3 Å². The summed E-state index contributed by atoms with van der Waals surface area (Å²) in [4.78, 5) is 20.3. The molecule has 176 valence electrons. The molecule has 2 heterocycles. The van der Waals surface area contributed by atoms with Crippen molar-refractivity contribution in [3.8, 4) is 17.2 Å². The van der Waals surface area contributed by atoms with Crippen molar-refractivity contribution in [2.24, 2.45) is 7.05 Å². The first-order valence-corrected chi connectivity index (χ1v) is 11.3. The molecule has 1 aromatic heterocycles. The van der Waals surface area contributed by atoms with Gasteiger partial charge in [-0.25, -0.2) is 4.98 Å². The number of hydrogen-bond donors (Lipinski definition) is 1. The van der Waals surface area contributed by atoms with E-state index in [0.29, 0.717) is 28.5 Å². The van der Waals surface area contributed by atoms with E-state index in [1.165, 1.54) is 47.0 Å². The van der Waals surface area contributed by atoms with Crippen LogP contribution in [0.2, 0.25) is 0 Å². The van der Waals surface area contributed by atoms with Crippen LogP contribution in [0.4, 0.5) is 5.69 Å². The van der Waals surface area contributed by atoms with Crippen LogP contribution in [0.15, 0.2) is 30.3 Å². The number of anilines is 1. The minimum atomic E-state index is -0.269. The fourth-order valence-electron chi connectivity index (χ4n) is 4.38. The summed E-state index contributed by atoms with van der Waals surface area (Å²) in [5.74, 6) is 2.08. The Labute approximate surface area is 194 Å². The van der Waals surface area contributed by atoms with Gasteiger partial charge in [0.15, 0.2) is 11.5 Å². The molecule has 1 fully saturated rings. The summed E-state index contributed by atoms with van der Waals surface area (Å²) in [6, 6.07) is 9.08. The van der Waals surface area contributed by atoms with Crippen LogP contribution < -0.4 is 19.5 Å². The Hall–Kier alpha value is -3.26. The Morgan fingerprint density at radius 1 is 0.970 bits per heavy atom. The van der Waals surface area contributed by atoms with Gasteiger partial charge in [-0.2, -0.15) is 0 Å². The standard InChI is InChI=1S/C25H32N4O4/c1-28-20-10-9-18(15-19(20)27-23(28)16-29-11-7-5-6-8-12-29)26-25(30)17-13-21(31-2)24(33-4)22(14-17)32-3/h9-10,13-15H,5-8,11-12,16H2,1-4H3,(H,26,30). The predicted octanol–water partition coefficient (Wildman–Crippen LogP) is 4.23. The lowest BCUT2D eigenvalue weighted by molar-refractivity contribution is 0.102. The third-order valence-corrected chi connectivity index (χ3v) is 6.22. The molecule has 0 radical (unpaired) electrons. The first-order chi connectivity index (χ1) is 16.0. The van der Waals surface area contributed by atoms with Crippen LogP contribution in [-0.2, 0) is 13.6 Å². The molecule has 1 N–H and O–H groups in total. The fourth-order valence-corrected chi connectivity index (χ4v) is 4.38. The number of likely N-dealkylation sites (tertiary alicyclic amines) is 1. The van der Waals surface area contributed by atoms with Gasteiger partial charge in [-0.1, -0.05) is 12.8 Å². The zero-order valence-corrected chi connectivity index (χ0v) is 19.8. The minimum absolute atomic E-state index is 0.269. The molecular formula is C25H32N4O4. The lowest BCUT2D eigenvalue weighted by Gasteiger charge is -2.19. The van der Waals surface area contributed by atoms with Crippen molar-refractivity contribution in [1.29, 1.82) is 0 Å². The number of carbonyl (C=O) groups excluding carboxylic acids is 1. The number of rotatable bonds is 7. The number of nitrogens with zero attached hydrogens (tertiary/aromatic N) is 3. The average Bonchev–Trinajstić information content (AvgIpc) is 2.98. The molecule has 3 aromatic rings. The molecule has 0 aliphatic carbocycles. The second-order valence-corrected chi connectivity index (χ2v) is 8.35. The maximum Gasteiger partial charge on any atom is 0.255 e. The van der Waals surface area contributed by atoms with Gasteiger partial charge in [-0.3, -0.25) is 9.69 Å². The lowest BCUT2D eigenvalue weighted by Crippen LogP contribution is -2.25. The van der Waals surface area contributed by atoms with E-state index in [1.54, 1.807) is 12.1 Å². The van der Waals surface area contributed by atoms with Crippen LogP contribution in [0.1, 0.15) is 41.9 Å². The molecule has 1 aliphatic rings. The summed E-state index contributed by atoms with van der Waals surface area (Å²) >= 11 is 0. The van der Waals surface area contributed by atoms with Gasteiger partial charge >= 0.3 is 0 Å². The molecule has 8 nitrogen and oxygen atoms in total. The van der Waals surface area contributed by atoms with Crippen molar-refractivity contribution in [2.75, 3.05) is 39.7 Å². The molecule has 4 rings (SSSR count). The van der Waals surface area contributed by atoms with Crippen LogP contribution in [-0.4, -0.2) is 54.8 Å². The second-order valence-electron chi connectivity index (χ2n) is 8.35. The Morgan fingerprint density at radius 3 is 2.24 bits per heavy atom. The van der Waals surface area contributed by atoms with Crippen molar-refractivity contribution < 1.29 is 19.0 Å². The molecular weight excluding hydrogens is 420 g/mol. The van der Waals surface area contributed by atoms with Crippen molar-refractivity contribution >= 4 is 22.6 Å². The van der Waals surface area contributed by atoms with Gasteiger partial charge in [0.05, 0.1) is 38.9 Å². The maximum absolute atomic E-state index is 13.0. The molecule has 2 aromatic carbocycles. The van der Waals surface area contributed by atoms with E-state index in [9.17, 15) is 4.79 Å². The summed E-state index contributed by atoms with van der Waals surface area (Å²) in [5.41, 5.74) is 3.00. The van der Waals surface area contributed by atoms with Crippen LogP contribution in [0.25, 0.3) is 11.0 Å². The number of benzene rings is 2. The van der Waals surface area contributed by atoms with E-state index in [4.69, 9.17) is 19.2 Å². The molecule has 0 spiro atoms. The first-order valence-electron chi connectivity index (χ1n) is 11.3. The summed E-state index contributed by atoms with van der Waals surface area (Å²) in [5, 5.41) is 2.96. The summed E-state index contributed by atoms with van der Waals surface area (Å²) in [6.45, 7) is 3.09. The molecule has 0 unspecified atom stereocenters. The van der Waals surface area contributed by atoms with Crippen molar-refractivity contribution in [3.05, 3.63) is 41.7 Å². The van der Waals surface area contributed by atoms with Crippen molar-refractivity contribution in [3.63, 3.8) is 0 Å². The van der Waals surface area contributed by atoms with E-state index >= 15 is 0 Å². The monoisotopic (exact) mass is 452 g/mol. The van der Waals surface area contributed by atoms with E-state index in [-0.39, 0.29) is 5.91 Å². The number of amides is 1. The highest BCUT2D eigenvalue weighted by Crippen LogP contribution is 2.38. The topological polar surface area (TPSA) is 77.9 Å². The van der Waals surface area contributed by atoms with Crippen LogP contribution in [0, 0.1) is 0 Å². The predicted molar refractivity (Wildman–Crippen MR) is 129 cm³/mol. The second kappa shape index (κ2) is 10.1. The fraction of sp³-hybridized carbons (Fsp3) is 0.440. The molecule has 0 atom stereocenters. The molecule has 0 bridgehead atoms. The number of fused-ring (bicyclic) bond motifs is 1. The van der Waals surface area contributed by atoms with Gasteiger partial charge in [0.25, 0.3) is 5.91 Å². The highest BCUT2D eigenvalue weighted by Gasteiger charge is 2.18. The number of ether oxygens (including phenoxy) is 3. The molecule has 1 amide bonds.